The first-order valence-corrected chi connectivity index (χ1v) is 9.97. The SMILES string of the molecule is Cc1nc2cc(-c3nc(C#N)ccc3-c3cnn(C)c3)ccc2n1C.FC1CC(F)C1. The van der Waals surface area contributed by atoms with Gasteiger partial charge >= 0.3 is 0 Å². The van der Waals surface area contributed by atoms with Gasteiger partial charge in [0, 0.05) is 49.8 Å². The number of alkyl halides is 2. The lowest BCUT2D eigenvalue weighted by Gasteiger charge is -2.21. The van der Waals surface area contributed by atoms with Gasteiger partial charge in [0.1, 0.15) is 29.9 Å². The van der Waals surface area contributed by atoms with Crippen LogP contribution in [-0.4, -0.2) is 36.7 Å². The van der Waals surface area contributed by atoms with Gasteiger partial charge in [0.05, 0.1) is 22.9 Å². The Morgan fingerprint density at radius 3 is 2.35 bits per heavy atom. The van der Waals surface area contributed by atoms with Gasteiger partial charge < -0.3 is 4.57 Å². The number of aromatic nitrogens is 5. The molecule has 3 aromatic heterocycles. The van der Waals surface area contributed by atoms with Crippen molar-refractivity contribution < 1.29 is 8.78 Å². The van der Waals surface area contributed by atoms with Crippen molar-refractivity contribution in [3.05, 3.63) is 54.2 Å². The summed E-state index contributed by atoms with van der Waals surface area (Å²) in [5.41, 5.74) is 5.98. The number of halogens is 2. The molecule has 0 amide bonds. The molecule has 1 aliphatic carbocycles. The predicted octanol–water partition coefficient (Wildman–Crippen LogP) is 4.67. The first-order chi connectivity index (χ1) is 14.9. The molecule has 4 aromatic rings. The van der Waals surface area contributed by atoms with E-state index in [-0.39, 0.29) is 12.8 Å². The van der Waals surface area contributed by atoms with Crippen molar-refractivity contribution in [2.75, 3.05) is 0 Å². The Hall–Kier alpha value is -3.60. The third kappa shape index (κ3) is 4.17. The van der Waals surface area contributed by atoms with E-state index in [1.165, 1.54) is 0 Å². The predicted molar refractivity (Wildman–Crippen MR) is 115 cm³/mol. The van der Waals surface area contributed by atoms with Gasteiger partial charge in [0.25, 0.3) is 0 Å². The van der Waals surface area contributed by atoms with Crippen LogP contribution in [0.3, 0.4) is 0 Å². The maximum atomic E-state index is 11.5. The van der Waals surface area contributed by atoms with Crippen molar-refractivity contribution in [3.8, 4) is 28.5 Å². The molecule has 0 aliphatic heterocycles. The number of aryl methyl sites for hydroxylation is 3. The van der Waals surface area contributed by atoms with Crippen molar-refractivity contribution in [2.45, 2.75) is 32.1 Å². The molecule has 0 saturated heterocycles. The molecule has 8 heteroatoms. The van der Waals surface area contributed by atoms with Crippen molar-refractivity contribution >= 4 is 11.0 Å². The summed E-state index contributed by atoms with van der Waals surface area (Å²) in [7, 11) is 3.88. The Morgan fingerprint density at radius 2 is 1.77 bits per heavy atom. The zero-order valence-corrected chi connectivity index (χ0v) is 17.5. The van der Waals surface area contributed by atoms with Crippen molar-refractivity contribution in [3.63, 3.8) is 0 Å². The summed E-state index contributed by atoms with van der Waals surface area (Å²) in [6.45, 7) is 1.98. The van der Waals surface area contributed by atoms with E-state index in [4.69, 9.17) is 0 Å². The Labute approximate surface area is 178 Å². The van der Waals surface area contributed by atoms with Gasteiger partial charge in [-0.3, -0.25) is 4.68 Å². The second kappa shape index (κ2) is 8.26. The zero-order valence-electron chi connectivity index (χ0n) is 17.5. The summed E-state index contributed by atoms with van der Waals surface area (Å²) in [4.78, 5) is 9.15. The van der Waals surface area contributed by atoms with Gasteiger partial charge in [0.2, 0.25) is 0 Å². The lowest BCUT2D eigenvalue weighted by Crippen LogP contribution is -2.25. The summed E-state index contributed by atoms with van der Waals surface area (Å²) in [6, 6.07) is 11.9. The van der Waals surface area contributed by atoms with Crippen LogP contribution in [0.25, 0.3) is 33.4 Å². The summed E-state index contributed by atoms with van der Waals surface area (Å²) in [6.07, 6.45) is 2.35. The smallest absolute Gasteiger partial charge is 0.141 e. The molecule has 3 heterocycles. The minimum Gasteiger partial charge on any atom is -0.331 e. The number of hydrogen-bond acceptors (Lipinski definition) is 4. The summed E-state index contributed by atoms with van der Waals surface area (Å²) >= 11 is 0. The molecule has 0 spiro atoms. The number of nitrogens with zero attached hydrogens (tertiary/aromatic N) is 6. The molecule has 5 rings (SSSR count). The number of imidazole rings is 1. The number of benzene rings is 1. The summed E-state index contributed by atoms with van der Waals surface area (Å²) in [5, 5.41) is 13.5. The molecule has 0 unspecified atom stereocenters. The van der Waals surface area contributed by atoms with E-state index in [2.05, 4.69) is 25.7 Å². The summed E-state index contributed by atoms with van der Waals surface area (Å²) < 4.78 is 26.9. The van der Waals surface area contributed by atoms with Gasteiger partial charge in [-0.15, -0.1) is 0 Å². The Morgan fingerprint density at radius 1 is 1.03 bits per heavy atom. The molecule has 158 valence electrons. The van der Waals surface area contributed by atoms with Crippen molar-refractivity contribution in [1.29, 1.82) is 5.26 Å². The average molecular weight is 420 g/mol. The fourth-order valence-electron chi connectivity index (χ4n) is 3.49. The first kappa shape index (κ1) is 20.7. The molecule has 0 bridgehead atoms. The largest absolute Gasteiger partial charge is 0.331 e. The molecule has 0 atom stereocenters. The van der Waals surface area contributed by atoms with Crippen LogP contribution in [0.5, 0.6) is 0 Å². The second-order valence-corrected chi connectivity index (χ2v) is 7.69. The number of pyridine rings is 1. The van der Waals surface area contributed by atoms with Crippen LogP contribution in [0.1, 0.15) is 24.4 Å². The fourth-order valence-corrected chi connectivity index (χ4v) is 3.49. The number of nitriles is 1. The maximum absolute atomic E-state index is 11.5. The molecular formula is C23H22F2N6. The monoisotopic (exact) mass is 420 g/mol. The number of hydrogen-bond donors (Lipinski definition) is 0. The first-order valence-electron chi connectivity index (χ1n) is 9.97. The van der Waals surface area contributed by atoms with Crippen molar-refractivity contribution in [1.82, 2.24) is 24.3 Å². The van der Waals surface area contributed by atoms with E-state index < -0.39 is 12.3 Å². The molecule has 0 radical (unpaired) electrons. The third-order valence-electron chi connectivity index (χ3n) is 5.43. The molecule has 1 aliphatic rings. The molecular weight excluding hydrogens is 398 g/mol. The third-order valence-corrected chi connectivity index (χ3v) is 5.43. The zero-order chi connectivity index (χ0) is 22.1. The topological polar surface area (TPSA) is 72.3 Å². The van der Waals surface area contributed by atoms with Gasteiger partial charge in [-0.25, -0.2) is 18.7 Å². The molecule has 31 heavy (non-hydrogen) atoms. The average Bonchev–Trinajstić information content (AvgIpc) is 3.30. The highest BCUT2D eigenvalue weighted by molar-refractivity contribution is 5.87. The second-order valence-electron chi connectivity index (χ2n) is 7.69. The van der Waals surface area contributed by atoms with Crippen molar-refractivity contribution in [2.24, 2.45) is 14.1 Å². The molecule has 0 N–H and O–H groups in total. The maximum Gasteiger partial charge on any atom is 0.141 e. The minimum absolute atomic E-state index is 0.139. The number of fused-ring (bicyclic) bond motifs is 1. The van der Waals surface area contributed by atoms with Gasteiger partial charge in [-0.1, -0.05) is 6.07 Å². The van der Waals surface area contributed by atoms with E-state index in [1.54, 1.807) is 16.9 Å². The summed E-state index contributed by atoms with van der Waals surface area (Å²) in [5.74, 6) is 0.957. The van der Waals surface area contributed by atoms with Crippen LogP contribution in [0.2, 0.25) is 0 Å². The molecule has 1 saturated carbocycles. The fraction of sp³-hybridized carbons (Fsp3) is 0.304. The Balaban J connectivity index is 0.000000334. The van der Waals surface area contributed by atoms with E-state index in [0.29, 0.717) is 5.69 Å². The highest BCUT2D eigenvalue weighted by Gasteiger charge is 2.27. The van der Waals surface area contributed by atoms with Crippen LogP contribution in [0.4, 0.5) is 8.78 Å². The van der Waals surface area contributed by atoms with E-state index >= 15 is 0 Å². The van der Waals surface area contributed by atoms with Crippen LogP contribution in [0, 0.1) is 18.3 Å². The van der Waals surface area contributed by atoms with E-state index in [1.807, 2.05) is 51.5 Å². The van der Waals surface area contributed by atoms with Gasteiger partial charge in [-0.05, 0) is 31.2 Å². The Bertz CT molecular complexity index is 1270. The lowest BCUT2D eigenvalue weighted by atomic mass is 9.96. The van der Waals surface area contributed by atoms with E-state index in [0.717, 1.165) is 39.2 Å². The van der Waals surface area contributed by atoms with Gasteiger partial charge in [0.15, 0.2) is 0 Å². The molecule has 1 aromatic carbocycles. The van der Waals surface area contributed by atoms with Crippen LogP contribution in [-0.2, 0) is 14.1 Å². The minimum atomic E-state index is -0.833. The quantitative estimate of drug-likeness (QED) is 0.472. The van der Waals surface area contributed by atoms with Gasteiger partial charge in [-0.2, -0.15) is 10.4 Å². The highest BCUT2D eigenvalue weighted by atomic mass is 19.2. The van der Waals surface area contributed by atoms with E-state index in [9.17, 15) is 14.0 Å². The standard InChI is InChI=1S/C19H16N6.C4H6F2/c1-12-22-17-8-13(4-7-18(17)25(12)3)19-16(6-5-15(9-20)23-19)14-10-21-24(2)11-14;5-3-1-4(6)2-3/h4-8,10-11H,1-3H3;3-4H,1-2H2. The Kier molecular flexibility index (Phi) is 5.51. The highest BCUT2D eigenvalue weighted by Crippen LogP contribution is 2.32. The number of rotatable bonds is 2. The van der Waals surface area contributed by atoms with Crippen LogP contribution in [0.15, 0.2) is 42.7 Å². The molecule has 1 fully saturated rings. The normalized spacial score (nSPS) is 17.5. The van der Waals surface area contributed by atoms with Crippen LogP contribution < -0.4 is 0 Å². The lowest BCUT2D eigenvalue weighted by molar-refractivity contribution is 0.0919. The van der Waals surface area contributed by atoms with Crippen LogP contribution >= 0.6 is 0 Å². The molecule has 6 nitrogen and oxygen atoms in total.